The van der Waals surface area contributed by atoms with Gasteiger partial charge in [0.1, 0.15) is 5.75 Å². The van der Waals surface area contributed by atoms with Crippen LogP contribution in [0.4, 0.5) is 0 Å². The van der Waals surface area contributed by atoms with Gasteiger partial charge in [-0.05, 0) is 52.4 Å². The van der Waals surface area contributed by atoms with Crippen molar-refractivity contribution < 1.29 is 5.11 Å². The Labute approximate surface area is 120 Å². The highest BCUT2D eigenvalue weighted by Crippen LogP contribution is 2.62. The largest absolute Gasteiger partial charge is 0.508 e. The molecule has 20 heavy (non-hydrogen) atoms. The van der Waals surface area contributed by atoms with Gasteiger partial charge >= 0.3 is 0 Å². The Balaban J connectivity index is 1.97. The van der Waals surface area contributed by atoms with E-state index in [1.54, 1.807) is 12.1 Å². The van der Waals surface area contributed by atoms with E-state index in [0.29, 0.717) is 5.75 Å². The minimum Gasteiger partial charge on any atom is -0.508 e. The molecule has 0 fully saturated rings. The van der Waals surface area contributed by atoms with Crippen molar-refractivity contribution in [2.24, 2.45) is 0 Å². The van der Waals surface area contributed by atoms with Crippen molar-refractivity contribution in [1.82, 2.24) is 0 Å². The lowest BCUT2D eigenvalue weighted by Gasteiger charge is -2.18. The second kappa shape index (κ2) is 4.43. The van der Waals surface area contributed by atoms with Gasteiger partial charge < -0.3 is 5.11 Å². The highest BCUT2D eigenvalue weighted by atomic mass is 32.2. The number of rotatable bonds is 1. The molecule has 0 radical (unpaired) electrons. The average molecular weight is 278 g/mol. The maximum atomic E-state index is 9.50. The topological polar surface area (TPSA) is 20.2 Å². The van der Waals surface area contributed by atoms with Gasteiger partial charge in [0.05, 0.1) is 0 Å². The molecule has 1 N–H and O–H groups in total. The van der Waals surface area contributed by atoms with Gasteiger partial charge in [-0.15, -0.1) is 0 Å². The third kappa shape index (κ3) is 1.65. The predicted octanol–water partition coefficient (Wildman–Crippen LogP) is 4.85. The summed E-state index contributed by atoms with van der Waals surface area (Å²) in [7, 11) is -0.495. The van der Waals surface area contributed by atoms with Crippen LogP contribution in [-0.2, 0) is 0 Å². The standard InChI is InChI=1S/C18H14OS/c19-13-9-11-14(12-10-13)20-17-7-3-1-5-15(17)16-6-2-4-8-18(16)20/h1-12,19-20H. The first-order valence-corrected chi connectivity index (χ1v) is 7.96. The van der Waals surface area contributed by atoms with Crippen LogP contribution in [0, 0.1) is 0 Å². The van der Waals surface area contributed by atoms with E-state index >= 15 is 0 Å². The van der Waals surface area contributed by atoms with Gasteiger partial charge in [0.15, 0.2) is 0 Å². The number of phenolic OH excluding ortho intramolecular Hbond substituents is 1. The number of phenols is 1. The molecule has 3 aromatic carbocycles. The summed E-state index contributed by atoms with van der Waals surface area (Å²) in [5, 5.41) is 9.50. The third-order valence-corrected chi connectivity index (χ3v) is 6.25. The van der Waals surface area contributed by atoms with Crippen molar-refractivity contribution in [2.45, 2.75) is 14.7 Å². The SMILES string of the molecule is Oc1ccc([SH]2c3ccccc3-c3ccccc32)cc1. The van der Waals surface area contributed by atoms with Gasteiger partial charge in [-0.1, -0.05) is 36.4 Å². The van der Waals surface area contributed by atoms with Crippen LogP contribution < -0.4 is 0 Å². The molecule has 0 saturated carbocycles. The molecule has 98 valence electrons. The van der Waals surface area contributed by atoms with E-state index in [-0.39, 0.29) is 0 Å². The molecule has 1 aliphatic rings. The van der Waals surface area contributed by atoms with Crippen LogP contribution >= 0.6 is 10.9 Å². The van der Waals surface area contributed by atoms with Crippen LogP contribution in [0.5, 0.6) is 5.75 Å². The van der Waals surface area contributed by atoms with Gasteiger partial charge in [0.25, 0.3) is 0 Å². The molecule has 4 rings (SSSR count). The fourth-order valence-electron chi connectivity index (χ4n) is 2.80. The number of hydrogen-bond acceptors (Lipinski definition) is 1. The van der Waals surface area contributed by atoms with Gasteiger partial charge in [0, 0.05) is 9.79 Å². The fourth-order valence-corrected chi connectivity index (χ4v) is 5.41. The molecule has 3 aromatic rings. The van der Waals surface area contributed by atoms with E-state index < -0.39 is 10.9 Å². The molecule has 0 aliphatic carbocycles. The minimum absolute atomic E-state index is 0.324. The van der Waals surface area contributed by atoms with Crippen LogP contribution in [0.15, 0.2) is 87.5 Å². The first kappa shape index (κ1) is 11.6. The molecule has 1 aliphatic heterocycles. The Bertz CT molecular complexity index is 732. The van der Waals surface area contributed by atoms with Crippen LogP contribution in [0.3, 0.4) is 0 Å². The Morgan fingerprint density at radius 3 is 1.65 bits per heavy atom. The van der Waals surface area contributed by atoms with Crippen LogP contribution in [0.2, 0.25) is 0 Å². The lowest BCUT2D eigenvalue weighted by molar-refractivity contribution is 0.475. The first-order chi connectivity index (χ1) is 9.84. The molecule has 0 atom stereocenters. The van der Waals surface area contributed by atoms with Crippen molar-refractivity contribution >= 4 is 10.9 Å². The van der Waals surface area contributed by atoms with Gasteiger partial charge in [-0.3, -0.25) is 0 Å². The number of aromatic hydroxyl groups is 1. The normalized spacial score (nSPS) is 13.9. The zero-order valence-corrected chi connectivity index (χ0v) is 11.7. The van der Waals surface area contributed by atoms with E-state index in [9.17, 15) is 5.11 Å². The third-order valence-electron chi connectivity index (χ3n) is 3.69. The van der Waals surface area contributed by atoms with E-state index in [0.717, 1.165) is 0 Å². The fraction of sp³-hybridized carbons (Fsp3) is 0. The molecule has 0 saturated heterocycles. The second-order valence-corrected chi connectivity index (χ2v) is 7.04. The van der Waals surface area contributed by atoms with Crippen LogP contribution in [0.25, 0.3) is 11.1 Å². The Hall–Kier alpha value is -2.19. The molecule has 0 bridgehead atoms. The lowest BCUT2D eigenvalue weighted by atomic mass is 10.1. The zero-order valence-electron chi connectivity index (χ0n) is 10.8. The van der Waals surface area contributed by atoms with Gasteiger partial charge in [-0.2, -0.15) is 10.9 Å². The van der Waals surface area contributed by atoms with Crippen LogP contribution in [-0.4, -0.2) is 5.11 Å². The van der Waals surface area contributed by atoms with Crippen molar-refractivity contribution in [3.63, 3.8) is 0 Å². The van der Waals surface area contributed by atoms with E-state index in [4.69, 9.17) is 0 Å². The summed E-state index contributed by atoms with van der Waals surface area (Å²) < 4.78 is 0. The van der Waals surface area contributed by atoms with E-state index in [1.165, 1.54) is 25.8 Å². The molecule has 0 unspecified atom stereocenters. The molecule has 2 heteroatoms. The summed E-state index contributed by atoms with van der Waals surface area (Å²) in [4.78, 5) is 4.11. The molecular formula is C18H14OS. The summed E-state index contributed by atoms with van der Waals surface area (Å²) in [5.74, 6) is 0.324. The number of hydrogen-bond donors (Lipinski definition) is 2. The summed E-state index contributed by atoms with van der Waals surface area (Å²) in [6.45, 7) is 0. The maximum Gasteiger partial charge on any atom is 0.115 e. The smallest absolute Gasteiger partial charge is 0.115 e. The Morgan fingerprint density at radius 1 is 0.600 bits per heavy atom. The second-order valence-electron chi connectivity index (χ2n) is 4.89. The predicted molar refractivity (Wildman–Crippen MR) is 83.8 cm³/mol. The minimum atomic E-state index is -0.495. The van der Waals surface area contributed by atoms with Gasteiger partial charge in [-0.25, -0.2) is 0 Å². The quantitative estimate of drug-likeness (QED) is 0.477. The highest BCUT2D eigenvalue weighted by Gasteiger charge is 2.26. The van der Waals surface area contributed by atoms with Crippen molar-refractivity contribution in [3.8, 4) is 16.9 Å². The molecular weight excluding hydrogens is 264 g/mol. The highest BCUT2D eigenvalue weighted by molar-refractivity contribution is 8.17. The molecule has 1 heterocycles. The number of fused-ring (bicyclic) bond motifs is 3. The van der Waals surface area contributed by atoms with Crippen molar-refractivity contribution in [3.05, 3.63) is 72.8 Å². The number of thiol groups is 1. The summed E-state index contributed by atoms with van der Waals surface area (Å²) >= 11 is 0. The van der Waals surface area contributed by atoms with E-state index in [2.05, 4.69) is 48.5 Å². The molecule has 1 nitrogen and oxygen atoms in total. The number of benzene rings is 3. The lowest BCUT2D eigenvalue weighted by Crippen LogP contribution is -1.82. The molecule has 0 amide bonds. The zero-order chi connectivity index (χ0) is 13.5. The Morgan fingerprint density at radius 2 is 1.10 bits per heavy atom. The van der Waals surface area contributed by atoms with Crippen molar-refractivity contribution in [1.29, 1.82) is 0 Å². The van der Waals surface area contributed by atoms with Crippen LogP contribution in [0.1, 0.15) is 0 Å². The van der Waals surface area contributed by atoms with Crippen molar-refractivity contribution in [2.75, 3.05) is 0 Å². The van der Waals surface area contributed by atoms with E-state index in [1.807, 2.05) is 12.1 Å². The molecule has 0 spiro atoms. The molecule has 0 aromatic heterocycles. The summed E-state index contributed by atoms with van der Waals surface area (Å²) in [5.41, 5.74) is 2.70. The first-order valence-electron chi connectivity index (χ1n) is 6.62. The van der Waals surface area contributed by atoms with Gasteiger partial charge in [0.2, 0.25) is 0 Å². The monoisotopic (exact) mass is 278 g/mol. The summed E-state index contributed by atoms with van der Waals surface area (Å²) in [6, 6.07) is 24.9. The Kier molecular flexibility index (Phi) is 2.57. The maximum absolute atomic E-state index is 9.50. The summed E-state index contributed by atoms with van der Waals surface area (Å²) in [6.07, 6.45) is 0. The average Bonchev–Trinajstić information content (AvgIpc) is 2.83.